The van der Waals surface area contributed by atoms with E-state index in [2.05, 4.69) is 24.1 Å². The number of nitrogens with zero attached hydrogens (tertiary/aromatic N) is 2. The molecule has 0 unspecified atom stereocenters. The maximum Gasteiger partial charge on any atom is 0.255 e. The Kier molecular flexibility index (Phi) is 6.73. The molecule has 1 aromatic carbocycles. The molecule has 0 bridgehead atoms. The Morgan fingerprint density at radius 2 is 1.83 bits per heavy atom. The predicted octanol–water partition coefficient (Wildman–Crippen LogP) is 4.10. The number of hydrogen-bond acceptors (Lipinski definition) is 3. The zero-order chi connectivity index (χ0) is 17.4. The van der Waals surface area contributed by atoms with Gasteiger partial charge in [0.15, 0.2) is 0 Å². The first-order valence-corrected chi connectivity index (χ1v) is 8.38. The van der Waals surface area contributed by atoms with Gasteiger partial charge in [0.25, 0.3) is 5.91 Å². The van der Waals surface area contributed by atoms with E-state index >= 15 is 0 Å². The summed E-state index contributed by atoms with van der Waals surface area (Å²) in [5.74, 6) is 0.380. The Hall–Kier alpha value is -2.43. The highest BCUT2D eigenvalue weighted by Gasteiger charge is 2.14. The van der Waals surface area contributed by atoms with Crippen LogP contribution in [0.25, 0.3) is 0 Å². The number of benzene rings is 1. The third-order valence-corrected chi connectivity index (χ3v) is 3.70. The van der Waals surface area contributed by atoms with Crippen LogP contribution in [0.3, 0.4) is 0 Å². The lowest BCUT2D eigenvalue weighted by atomic mass is 10.2. The summed E-state index contributed by atoms with van der Waals surface area (Å²) in [5, 5.41) is 3.07. The molecule has 0 aliphatic heterocycles. The fourth-order valence-electron chi connectivity index (χ4n) is 2.49. The number of amides is 1. The van der Waals surface area contributed by atoms with Crippen molar-refractivity contribution in [2.24, 2.45) is 0 Å². The van der Waals surface area contributed by atoms with E-state index < -0.39 is 0 Å². The molecule has 24 heavy (non-hydrogen) atoms. The highest BCUT2D eigenvalue weighted by atomic mass is 19.1. The van der Waals surface area contributed by atoms with Crippen molar-refractivity contribution < 1.29 is 9.18 Å². The summed E-state index contributed by atoms with van der Waals surface area (Å²) in [4.78, 5) is 18.6. The van der Waals surface area contributed by atoms with Gasteiger partial charge in [0.2, 0.25) is 0 Å². The van der Waals surface area contributed by atoms with Crippen LogP contribution in [-0.4, -0.2) is 28.9 Å². The lowest BCUT2D eigenvalue weighted by Gasteiger charge is -2.21. The van der Waals surface area contributed by atoms with Gasteiger partial charge in [-0.1, -0.05) is 32.0 Å². The van der Waals surface area contributed by atoms with E-state index in [4.69, 9.17) is 0 Å². The molecule has 2 rings (SSSR count). The van der Waals surface area contributed by atoms with Gasteiger partial charge in [0.1, 0.15) is 11.6 Å². The molecule has 0 saturated heterocycles. The fourth-order valence-corrected chi connectivity index (χ4v) is 2.49. The highest BCUT2D eigenvalue weighted by Crippen LogP contribution is 2.12. The van der Waals surface area contributed by atoms with Crippen LogP contribution in [-0.2, 0) is 6.54 Å². The largest absolute Gasteiger partial charge is 0.366 e. The van der Waals surface area contributed by atoms with E-state index in [-0.39, 0.29) is 11.7 Å². The van der Waals surface area contributed by atoms with Gasteiger partial charge in [-0.05, 0) is 31.0 Å². The van der Waals surface area contributed by atoms with E-state index in [0.29, 0.717) is 23.5 Å². The van der Waals surface area contributed by atoms with Gasteiger partial charge in [-0.15, -0.1) is 0 Å². The quantitative estimate of drug-likeness (QED) is 0.793. The average molecular weight is 329 g/mol. The Morgan fingerprint density at radius 1 is 1.12 bits per heavy atom. The number of hydrogen-bond donors (Lipinski definition) is 1. The average Bonchev–Trinajstić information content (AvgIpc) is 2.61. The molecule has 5 heteroatoms. The summed E-state index contributed by atoms with van der Waals surface area (Å²) in [6, 6.07) is 10.1. The summed E-state index contributed by atoms with van der Waals surface area (Å²) in [6.07, 6.45) is 3.44. The Bertz CT molecular complexity index is 652. The SMILES string of the molecule is CCCN(CCC)C(=O)c1ccc(NCc2ccccc2F)nc1. The van der Waals surface area contributed by atoms with E-state index in [1.807, 2.05) is 4.90 Å². The molecular weight excluding hydrogens is 305 g/mol. The van der Waals surface area contributed by atoms with Crippen LogP contribution in [0.15, 0.2) is 42.6 Å². The van der Waals surface area contributed by atoms with Gasteiger partial charge in [-0.3, -0.25) is 4.79 Å². The molecule has 0 radical (unpaired) electrons. The lowest BCUT2D eigenvalue weighted by molar-refractivity contribution is 0.0755. The van der Waals surface area contributed by atoms with Crippen molar-refractivity contribution in [3.63, 3.8) is 0 Å². The molecule has 4 nitrogen and oxygen atoms in total. The van der Waals surface area contributed by atoms with Crippen molar-refractivity contribution in [2.45, 2.75) is 33.2 Å². The summed E-state index contributed by atoms with van der Waals surface area (Å²) < 4.78 is 13.6. The Labute approximate surface area is 142 Å². The number of rotatable bonds is 8. The highest BCUT2D eigenvalue weighted by molar-refractivity contribution is 5.94. The standard InChI is InChI=1S/C19H24FN3O/c1-3-11-23(12-4-2)19(24)16-9-10-18(22-14-16)21-13-15-7-5-6-8-17(15)20/h5-10,14H,3-4,11-13H2,1-2H3,(H,21,22). The third kappa shape index (κ3) is 4.78. The van der Waals surface area contributed by atoms with Crippen molar-refractivity contribution in [3.05, 3.63) is 59.5 Å². The minimum Gasteiger partial charge on any atom is -0.366 e. The van der Waals surface area contributed by atoms with E-state index in [1.54, 1.807) is 36.5 Å². The maximum atomic E-state index is 13.6. The molecule has 2 aromatic rings. The number of pyridine rings is 1. The summed E-state index contributed by atoms with van der Waals surface area (Å²) in [5.41, 5.74) is 1.16. The molecule has 128 valence electrons. The molecule has 1 aromatic heterocycles. The van der Waals surface area contributed by atoms with E-state index in [9.17, 15) is 9.18 Å². The lowest BCUT2D eigenvalue weighted by Crippen LogP contribution is -2.32. The molecule has 0 spiro atoms. The number of aromatic nitrogens is 1. The maximum absolute atomic E-state index is 13.6. The molecule has 0 aliphatic rings. The van der Waals surface area contributed by atoms with E-state index in [0.717, 1.165) is 25.9 Å². The van der Waals surface area contributed by atoms with Gasteiger partial charge in [0, 0.05) is 31.4 Å². The van der Waals surface area contributed by atoms with Gasteiger partial charge < -0.3 is 10.2 Å². The Balaban J connectivity index is 1.99. The first-order valence-electron chi connectivity index (χ1n) is 8.38. The van der Waals surface area contributed by atoms with Crippen LogP contribution in [0.1, 0.15) is 42.6 Å². The first kappa shape index (κ1) is 17.9. The van der Waals surface area contributed by atoms with Crippen LogP contribution < -0.4 is 5.32 Å². The molecule has 1 heterocycles. The van der Waals surface area contributed by atoms with Crippen molar-refractivity contribution in [1.82, 2.24) is 9.88 Å². The fraction of sp³-hybridized carbons (Fsp3) is 0.368. The van der Waals surface area contributed by atoms with Crippen molar-refractivity contribution in [3.8, 4) is 0 Å². The van der Waals surface area contributed by atoms with Crippen molar-refractivity contribution >= 4 is 11.7 Å². The monoisotopic (exact) mass is 329 g/mol. The van der Waals surface area contributed by atoms with Crippen molar-refractivity contribution in [1.29, 1.82) is 0 Å². The summed E-state index contributed by atoms with van der Waals surface area (Å²) >= 11 is 0. The molecule has 1 amide bonds. The molecule has 0 aliphatic carbocycles. The van der Waals surface area contributed by atoms with E-state index in [1.165, 1.54) is 6.07 Å². The third-order valence-electron chi connectivity index (χ3n) is 3.70. The van der Waals surface area contributed by atoms with Gasteiger partial charge >= 0.3 is 0 Å². The topological polar surface area (TPSA) is 45.2 Å². The van der Waals surface area contributed by atoms with Crippen LogP contribution in [0, 0.1) is 5.82 Å². The van der Waals surface area contributed by atoms with Gasteiger partial charge in [-0.2, -0.15) is 0 Å². The predicted molar refractivity (Wildman–Crippen MR) is 94.4 cm³/mol. The molecular formula is C19H24FN3O. The van der Waals surface area contributed by atoms with Crippen LogP contribution in [0.2, 0.25) is 0 Å². The number of carbonyl (C=O) groups excluding carboxylic acids is 1. The molecule has 0 saturated carbocycles. The summed E-state index contributed by atoms with van der Waals surface area (Å²) in [6.45, 7) is 5.97. The van der Waals surface area contributed by atoms with Crippen LogP contribution >= 0.6 is 0 Å². The number of nitrogens with one attached hydrogen (secondary N) is 1. The minimum absolute atomic E-state index is 0.00635. The number of anilines is 1. The van der Waals surface area contributed by atoms with Crippen LogP contribution in [0.5, 0.6) is 0 Å². The zero-order valence-electron chi connectivity index (χ0n) is 14.3. The zero-order valence-corrected chi connectivity index (χ0v) is 14.3. The molecule has 0 fully saturated rings. The van der Waals surface area contributed by atoms with Gasteiger partial charge in [0.05, 0.1) is 5.56 Å². The van der Waals surface area contributed by atoms with Gasteiger partial charge in [-0.25, -0.2) is 9.37 Å². The second kappa shape index (κ2) is 9.01. The summed E-state index contributed by atoms with van der Waals surface area (Å²) in [7, 11) is 0. The van der Waals surface area contributed by atoms with Crippen LogP contribution in [0.4, 0.5) is 10.2 Å². The minimum atomic E-state index is -0.244. The molecule has 1 N–H and O–H groups in total. The van der Waals surface area contributed by atoms with Crippen molar-refractivity contribution in [2.75, 3.05) is 18.4 Å². The first-order chi connectivity index (χ1) is 11.7. The smallest absolute Gasteiger partial charge is 0.255 e. The molecule has 0 atom stereocenters. The number of halogens is 1. The normalized spacial score (nSPS) is 10.5. The number of carbonyl (C=O) groups is 1. The second-order valence-corrected chi connectivity index (χ2v) is 5.67. The Morgan fingerprint density at radius 3 is 2.42 bits per heavy atom. The second-order valence-electron chi connectivity index (χ2n) is 5.67.